The van der Waals surface area contributed by atoms with E-state index in [2.05, 4.69) is 168 Å². The van der Waals surface area contributed by atoms with Gasteiger partial charge in [0.05, 0.1) is 0 Å². The van der Waals surface area contributed by atoms with Crippen molar-refractivity contribution in [3.63, 3.8) is 0 Å². The molecule has 0 atom stereocenters. The van der Waals surface area contributed by atoms with Crippen LogP contribution in [0.4, 0.5) is 0 Å². The first-order chi connectivity index (χ1) is 23.8. The first-order valence-electron chi connectivity index (χ1n) is 16.3. The lowest BCUT2D eigenvalue weighted by Gasteiger charge is -2.13. The molecular weight excluding hydrogens is 581 g/mol. The summed E-state index contributed by atoms with van der Waals surface area (Å²) in [6.07, 6.45) is 7.40. The van der Waals surface area contributed by atoms with Crippen LogP contribution in [0.5, 0.6) is 0 Å². The molecule has 2 aromatic heterocycles. The van der Waals surface area contributed by atoms with Crippen molar-refractivity contribution in [3.05, 3.63) is 183 Å². The Morgan fingerprint density at radius 3 is 1.00 bits per heavy atom. The molecule has 9 rings (SSSR count). The zero-order valence-electron chi connectivity index (χ0n) is 26.2. The van der Waals surface area contributed by atoms with Crippen LogP contribution in [0.1, 0.15) is 0 Å². The van der Waals surface area contributed by atoms with Crippen LogP contribution in [0.2, 0.25) is 0 Å². The van der Waals surface area contributed by atoms with E-state index >= 15 is 0 Å². The Balaban J connectivity index is 1.14. The summed E-state index contributed by atoms with van der Waals surface area (Å²) < 4.78 is 0. The molecule has 0 saturated carbocycles. The minimum Gasteiger partial charge on any atom is -0.265 e. The summed E-state index contributed by atoms with van der Waals surface area (Å²) in [5.74, 6) is 0. The van der Waals surface area contributed by atoms with E-state index in [1.165, 1.54) is 65.7 Å². The van der Waals surface area contributed by atoms with Gasteiger partial charge in [-0.15, -0.1) is 0 Å². The second-order valence-electron chi connectivity index (χ2n) is 12.3. The fourth-order valence-corrected chi connectivity index (χ4v) is 7.06. The Hall–Kier alpha value is -6.38. The summed E-state index contributed by atoms with van der Waals surface area (Å²) >= 11 is 0. The maximum absolute atomic E-state index is 4.24. The van der Waals surface area contributed by atoms with Crippen molar-refractivity contribution in [3.8, 4) is 55.6 Å². The molecule has 2 heterocycles. The van der Waals surface area contributed by atoms with Crippen LogP contribution >= 0.6 is 0 Å². The van der Waals surface area contributed by atoms with Crippen LogP contribution in [-0.4, -0.2) is 9.97 Å². The highest BCUT2D eigenvalue weighted by Crippen LogP contribution is 2.38. The van der Waals surface area contributed by atoms with Crippen LogP contribution in [0.15, 0.2) is 183 Å². The molecule has 0 bridgehead atoms. The van der Waals surface area contributed by atoms with Gasteiger partial charge < -0.3 is 0 Å². The maximum atomic E-state index is 4.24. The van der Waals surface area contributed by atoms with Crippen LogP contribution in [0, 0.1) is 0 Å². The van der Waals surface area contributed by atoms with Crippen molar-refractivity contribution in [1.29, 1.82) is 0 Å². The zero-order valence-corrected chi connectivity index (χ0v) is 26.2. The average Bonchev–Trinajstić information content (AvgIpc) is 3.18. The summed E-state index contributed by atoms with van der Waals surface area (Å²) in [7, 11) is 0. The molecule has 7 aromatic carbocycles. The lowest BCUT2D eigenvalue weighted by molar-refractivity contribution is 1.33. The van der Waals surface area contributed by atoms with Gasteiger partial charge in [0, 0.05) is 24.8 Å². The standard InChI is InChI=1S/C46H30N2/c1-2-13-43-41(11-1)42-12-3-4-14-44(42)46-30-37(15-16-45(43)46)35-9-5-7-33(25-35)34-8-6-10-36(26-34)40-28-38(31-17-21-47-22-18-31)27-39(29-40)32-19-23-48-24-20-32/h1-30H. The molecule has 0 saturated heterocycles. The second kappa shape index (κ2) is 11.8. The fraction of sp³-hybridized carbons (Fsp3) is 0. The van der Waals surface area contributed by atoms with Gasteiger partial charge >= 0.3 is 0 Å². The van der Waals surface area contributed by atoms with Crippen molar-refractivity contribution >= 4 is 32.3 Å². The first kappa shape index (κ1) is 27.9. The molecule has 0 fully saturated rings. The van der Waals surface area contributed by atoms with E-state index in [0.717, 1.165) is 22.3 Å². The van der Waals surface area contributed by atoms with Gasteiger partial charge in [-0.1, -0.05) is 97.1 Å². The van der Waals surface area contributed by atoms with Crippen molar-refractivity contribution in [2.75, 3.05) is 0 Å². The Labute approximate surface area is 279 Å². The summed E-state index contributed by atoms with van der Waals surface area (Å²) in [5.41, 5.74) is 11.7. The Bertz CT molecular complexity index is 2510. The second-order valence-corrected chi connectivity index (χ2v) is 12.3. The highest BCUT2D eigenvalue weighted by Gasteiger charge is 2.12. The van der Waals surface area contributed by atoms with Crippen molar-refractivity contribution in [1.82, 2.24) is 9.97 Å². The molecule has 0 aliphatic heterocycles. The average molecular weight is 611 g/mol. The third kappa shape index (κ3) is 5.01. The molecule has 9 aromatic rings. The van der Waals surface area contributed by atoms with E-state index in [4.69, 9.17) is 0 Å². The monoisotopic (exact) mass is 610 g/mol. The van der Waals surface area contributed by atoms with Crippen LogP contribution < -0.4 is 0 Å². The van der Waals surface area contributed by atoms with Gasteiger partial charge in [-0.25, -0.2) is 0 Å². The number of fused-ring (bicyclic) bond motifs is 6. The zero-order chi connectivity index (χ0) is 31.9. The lowest BCUT2D eigenvalue weighted by Crippen LogP contribution is -1.88. The van der Waals surface area contributed by atoms with Gasteiger partial charge in [0.15, 0.2) is 0 Å². The molecule has 48 heavy (non-hydrogen) atoms. The maximum Gasteiger partial charge on any atom is 0.0273 e. The third-order valence-electron chi connectivity index (χ3n) is 9.43. The van der Waals surface area contributed by atoms with Crippen molar-refractivity contribution in [2.24, 2.45) is 0 Å². The minimum absolute atomic E-state index is 1.14. The molecule has 0 unspecified atom stereocenters. The highest BCUT2D eigenvalue weighted by molar-refractivity contribution is 6.25. The molecule has 2 heteroatoms. The predicted octanol–water partition coefficient (Wildman–Crippen LogP) is 12.3. The van der Waals surface area contributed by atoms with Crippen molar-refractivity contribution in [2.45, 2.75) is 0 Å². The largest absolute Gasteiger partial charge is 0.265 e. The summed E-state index contributed by atoms with van der Waals surface area (Å²) in [5, 5.41) is 7.75. The number of pyridine rings is 2. The van der Waals surface area contributed by atoms with Gasteiger partial charge in [-0.2, -0.15) is 0 Å². The molecule has 0 spiro atoms. The summed E-state index contributed by atoms with van der Waals surface area (Å²) in [6, 6.07) is 57.3. The highest BCUT2D eigenvalue weighted by atomic mass is 14.6. The molecular formula is C46H30N2. The third-order valence-corrected chi connectivity index (χ3v) is 9.43. The molecule has 2 nitrogen and oxygen atoms in total. The van der Waals surface area contributed by atoms with E-state index in [-0.39, 0.29) is 0 Å². The molecule has 224 valence electrons. The molecule has 0 aliphatic carbocycles. The van der Waals surface area contributed by atoms with E-state index in [0.29, 0.717) is 0 Å². The number of hydrogen-bond donors (Lipinski definition) is 0. The Morgan fingerprint density at radius 2 is 0.542 bits per heavy atom. The minimum atomic E-state index is 1.14. The van der Waals surface area contributed by atoms with Crippen LogP contribution in [0.3, 0.4) is 0 Å². The van der Waals surface area contributed by atoms with Crippen LogP contribution in [0.25, 0.3) is 88.0 Å². The number of rotatable bonds is 5. The van der Waals surface area contributed by atoms with Gasteiger partial charge in [-0.3, -0.25) is 9.97 Å². The summed E-state index contributed by atoms with van der Waals surface area (Å²) in [4.78, 5) is 8.48. The van der Waals surface area contributed by atoms with Crippen molar-refractivity contribution < 1.29 is 0 Å². The predicted molar refractivity (Wildman–Crippen MR) is 202 cm³/mol. The van der Waals surface area contributed by atoms with E-state index in [1.54, 1.807) is 0 Å². The number of aromatic nitrogens is 2. The van der Waals surface area contributed by atoms with E-state index in [1.807, 2.05) is 24.8 Å². The molecule has 0 aliphatic rings. The van der Waals surface area contributed by atoms with Gasteiger partial charge in [0.25, 0.3) is 0 Å². The quantitative estimate of drug-likeness (QED) is 0.181. The molecule has 0 radical (unpaired) electrons. The lowest BCUT2D eigenvalue weighted by atomic mass is 9.91. The van der Waals surface area contributed by atoms with Gasteiger partial charge in [-0.05, 0) is 149 Å². The number of hydrogen-bond acceptors (Lipinski definition) is 2. The van der Waals surface area contributed by atoms with E-state index < -0.39 is 0 Å². The Morgan fingerprint density at radius 1 is 0.208 bits per heavy atom. The Kier molecular flexibility index (Phi) is 6.84. The van der Waals surface area contributed by atoms with E-state index in [9.17, 15) is 0 Å². The first-order valence-corrected chi connectivity index (χ1v) is 16.3. The SMILES string of the molecule is c1cc(-c2cccc(-c3ccc4c5ccccc5c5ccccc5c4c3)c2)cc(-c2cc(-c3ccncc3)cc(-c3ccncc3)c2)c1. The van der Waals surface area contributed by atoms with Gasteiger partial charge in [0.1, 0.15) is 0 Å². The number of benzene rings is 7. The normalized spacial score (nSPS) is 11.3. The fourth-order valence-electron chi connectivity index (χ4n) is 7.06. The summed E-state index contributed by atoms with van der Waals surface area (Å²) in [6.45, 7) is 0. The topological polar surface area (TPSA) is 25.8 Å². The number of nitrogens with zero attached hydrogens (tertiary/aromatic N) is 2. The van der Waals surface area contributed by atoms with Gasteiger partial charge in [0.2, 0.25) is 0 Å². The molecule has 0 amide bonds. The smallest absolute Gasteiger partial charge is 0.0273 e. The van der Waals surface area contributed by atoms with Crippen LogP contribution in [-0.2, 0) is 0 Å². The molecule has 0 N–H and O–H groups in total.